The normalized spacial score (nSPS) is 16.4. The summed E-state index contributed by atoms with van der Waals surface area (Å²) in [6, 6.07) is 3.55. The highest BCUT2D eigenvalue weighted by molar-refractivity contribution is 5.74. The monoisotopic (exact) mass is 264 g/mol. The zero-order chi connectivity index (χ0) is 13.8. The van der Waals surface area contributed by atoms with Crippen molar-refractivity contribution in [2.24, 2.45) is 11.7 Å². The van der Waals surface area contributed by atoms with E-state index in [1.807, 2.05) is 0 Å². The van der Waals surface area contributed by atoms with Crippen molar-refractivity contribution >= 4 is 17.4 Å². The number of nitrogens with two attached hydrogens (primary N) is 2. The van der Waals surface area contributed by atoms with Crippen LogP contribution in [0.3, 0.4) is 0 Å². The molecule has 1 aliphatic heterocycles. The Morgan fingerprint density at radius 1 is 1.47 bits per heavy atom. The van der Waals surface area contributed by atoms with Gasteiger partial charge in [0, 0.05) is 25.6 Å². The lowest BCUT2D eigenvalue weighted by molar-refractivity contribution is -0.119. The number of ether oxygens (including phenoxy) is 1. The summed E-state index contributed by atoms with van der Waals surface area (Å²) in [6.07, 6.45) is 2.33. The van der Waals surface area contributed by atoms with Crippen LogP contribution >= 0.6 is 0 Å². The van der Waals surface area contributed by atoms with Crippen molar-refractivity contribution in [3.8, 4) is 5.88 Å². The second-order valence-electron chi connectivity index (χ2n) is 4.87. The lowest BCUT2D eigenvalue weighted by atomic mass is 9.93. The van der Waals surface area contributed by atoms with E-state index >= 15 is 0 Å². The van der Waals surface area contributed by atoms with Gasteiger partial charge in [0.15, 0.2) is 5.82 Å². The van der Waals surface area contributed by atoms with Crippen molar-refractivity contribution < 1.29 is 9.53 Å². The van der Waals surface area contributed by atoms with E-state index in [9.17, 15) is 4.79 Å². The summed E-state index contributed by atoms with van der Waals surface area (Å²) in [5.41, 5.74) is 11.8. The van der Waals surface area contributed by atoms with E-state index < -0.39 is 0 Å². The zero-order valence-electron chi connectivity index (χ0n) is 11.1. The van der Waals surface area contributed by atoms with Gasteiger partial charge in [-0.05, 0) is 24.8 Å². The third-order valence-electron chi connectivity index (χ3n) is 3.49. The van der Waals surface area contributed by atoms with Crippen LogP contribution in [0.5, 0.6) is 5.88 Å². The van der Waals surface area contributed by atoms with Crippen LogP contribution in [0.25, 0.3) is 0 Å². The number of carbonyl (C=O) groups excluding carboxylic acids is 1. The predicted octanol–water partition coefficient (Wildman–Crippen LogP) is 0.764. The van der Waals surface area contributed by atoms with E-state index in [4.69, 9.17) is 16.2 Å². The average molecular weight is 264 g/mol. The molecular formula is C13H20N4O2. The maximum absolute atomic E-state index is 10.9. The van der Waals surface area contributed by atoms with Crippen LogP contribution in [-0.4, -0.2) is 31.1 Å². The van der Waals surface area contributed by atoms with Crippen molar-refractivity contribution in [3.05, 3.63) is 12.1 Å². The maximum Gasteiger partial charge on any atom is 0.217 e. The Morgan fingerprint density at radius 3 is 2.74 bits per heavy atom. The molecule has 6 nitrogen and oxygen atoms in total. The standard InChI is InChI=1S/C13H20N4O2/c1-19-12-3-2-10(14)13(16-12)17-6-4-9(5-7-17)8-11(15)18/h2-3,9H,4-8,14H2,1H3,(H2,15,18). The van der Waals surface area contributed by atoms with Gasteiger partial charge in [0.2, 0.25) is 11.8 Å². The lowest BCUT2D eigenvalue weighted by Crippen LogP contribution is -2.36. The molecule has 1 fully saturated rings. The highest BCUT2D eigenvalue weighted by atomic mass is 16.5. The van der Waals surface area contributed by atoms with Gasteiger partial charge >= 0.3 is 0 Å². The quantitative estimate of drug-likeness (QED) is 0.837. The molecule has 0 bridgehead atoms. The van der Waals surface area contributed by atoms with Crippen LogP contribution in [0.2, 0.25) is 0 Å². The summed E-state index contributed by atoms with van der Waals surface area (Å²) in [5, 5.41) is 0. The molecule has 0 atom stereocenters. The summed E-state index contributed by atoms with van der Waals surface area (Å²) in [5.74, 6) is 1.47. The second kappa shape index (κ2) is 5.77. The number of hydrogen-bond acceptors (Lipinski definition) is 5. The average Bonchev–Trinajstić information content (AvgIpc) is 2.40. The van der Waals surface area contributed by atoms with Gasteiger partial charge in [-0.3, -0.25) is 4.79 Å². The second-order valence-corrected chi connectivity index (χ2v) is 4.87. The van der Waals surface area contributed by atoms with E-state index in [-0.39, 0.29) is 5.91 Å². The number of nitrogen functional groups attached to an aromatic ring is 1. The third-order valence-corrected chi connectivity index (χ3v) is 3.49. The van der Waals surface area contributed by atoms with Crippen LogP contribution in [0.1, 0.15) is 19.3 Å². The number of piperidine rings is 1. The highest BCUT2D eigenvalue weighted by Gasteiger charge is 2.22. The molecule has 0 spiro atoms. The molecule has 6 heteroatoms. The summed E-state index contributed by atoms with van der Waals surface area (Å²) in [6.45, 7) is 1.67. The zero-order valence-corrected chi connectivity index (χ0v) is 11.1. The molecule has 1 saturated heterocycles. The van der Waals surface area contributed by atoms with Gasteiger partial charge in [0.05, 0.1) is 12.8 Å². The summed E-state index contributed by atoms with van der Waals surface area (Å²) < 4.78 is 5.12. The molecule has 4 N–H and O–H groups in total. The van der Waals surface area contributed by atoms with Crippen LogP contribution < -0.4 is 21.1 Å². The Morgan fingerprint density at radius 2 is 2.16 bits per heavy atom. The number of primary amides is 1. The first kappa shape index (κ1) is 13.5. The SMILES string of the molecule is COc1ccc(N)c(N2CCC(CC(N)=O)CC2)n1. The van der Waals surface area contributed by atoms with Gasteiger partial charge in [-0.25, -0.2) is 0 Å². The van der Waals surface area contributed by atoms with Crippen molar-refractivity contribution in [1.29, 1.82) is 0 Å². The van der Waals surface area contributed by atoms with Crippen molar-refractivity contribution in [1.82, 2.24) is 4.98 Å². The summed E-state index contributed by atoms with van der Waals surface area (Å²) in [7, 11) is 1.58. The minimum atomic E-state index is -0.225. The Kier molecular flexibility index (Phi) is 4.09. The number of aromatic nitrogens is 1. The molecule has 1 amide bonds. The molecule has 1 aliphatic rings. The van der Waals surface area contributed by atoms with Crippen molar-refractivity contribution in [2.75, 3.05) is 30.8 Å². The molecule has 19 heavy (non-hydrogen) atoms. The predicted molar refractivity (Wildman–Crippen MR) is 73.9 cm³/mol. The van der Waals surface area contributed by atoms with E-state index in [2.05, 4.69) is 9.88 Å². The van der Waals surface area contributed by atoms with Gasteiger partial charge in [0.25, 0.3) is 0 Å². The van der Waals surface area contributed by atoms with Gasteiger partial charge in [-0.15, -0.1) is 0 Å². The number of amides is 1. The van der Waals surface area contributed by atoms with Gasteiger partial charge < -0.3 is 21.1 Å². The maximum atomic E-state index is 10.9. The molecule has 0 unspecified atom stereocenters. The minimum Gasteiger partial charge on any atom is -0.481 e. The smallest absolute Gasteiger partial charge is 0.217 e. The first-order valence-electron chi connectivity index (χ1n) is 6.44. The van der Waals surface area contributed by atoms with Crippen LogP contribution in [0.15, 0.2) is 12.1 Å². The Balaban J connectivity index is 2.03. The number of methoxy groups -OCH3 is 1. The topological polar surface area (TPSA) is 94.5 Å². The molecule has 0 radical (unpaired) electrons. The third kappa shape index (κ3) is 3.27. The van der Waals surface area contributed by atoms with Crippen LogP contribution in [-0.2, 0) is 4.79 Å². The Labute approximate surface area is 112 Å². The molecule has 1 aromatic rings. The fourth-order valence-corrected chi connectivity index (χ4v) is 2.44. The first-order chi connectivity index (χ1) is 9.10. The minimum absolute atomic E-state index is 0.225. The lowest BCUT2D eigenvalue weighted by Gasteiger charge is -2.33. The van der Waals surface area contributed by atoms with Crippen LogP contribution in [0.4, 0.5) is 11.5 Å². The fraction of sp³-hybridized carbons (Fsp3) is 0.538. The molecule has 2 heterocycles. The van der Waals surface area contributed by atoms with E-state index in [0.29, 0.717) is 23.9 Å². The first-order valence-corrected chi connectivity index (χ1v) is 6.44. The summed E-state index contributed by atoms with van der Waals surface area (Å²) >= 11 is 0. The van der Waals surface area contributed by atoms with Crippen LogP contribution in [0, 0.1) is 5.92 Å². The Hall–Kier alpha value is -1.98. The largest absolute Gasteiger partial charge is 0.481 e. The number of carbonyl (C=O) groups is 1. The summed E-state index contributed by atoms with van der Waals surface area (Å²) in [4.78, 5) is 17.4. The number of nitrogens with zero attached hydrogens (tertiary/aromatic N) is 2. The molecule has 2 rings (SSSR count). The molecule has 104 valence electrons. The molecule has 0 aromatic carbocycles. The van der Waals surface area contributed by atoms with E-state index in [1.54, 1.807) is 19.2 Å². The van der Waals surface area contributed by atoms with Gasteiger partial charge in [-0.1, -0.05) is 0 Å². The molecule has 0 aliphatic carbocycles. The van der Waals surface area contributed by atoms with Crippen molar-refractivity contribution in [2.45, 2.75) is 19.3 Å². The molecule has 0 saturated carbocycles. The van der Waals surface area contributed by atoms with Gasteiger partial charge in [0.1, 0.15) is 0 Å². The number of anilines is 2. The number of pyridine rings is 1. The highest BCUT2D eigenvalue weighted by Crippen LogP contribution is 2.29. The molecule has 1 aromatic heterocycles. The number of rotatable bonds is 4. The number of hydrogen-bond donors (Lipinski definition) is 2. The Bertz CT molecular complexity index is 456. The van der Waals surface area contributed by atoms with E-state index in [0.717, 1.165) is 31.7 Å². The molecular weight excluding hydrogens is 244 g/mol. The van der Waals surface area contributed by atoms with Crippen molar-refractivity contribution in [3.63, 3.8) is 0 Å². The van der Waals surface area contributed by atoms with E-state index in [1.165, 1.54) is 0 Å². The van der Waals surface area contributed by atoms with Gasteiger partial charge in [-0.2, -0.15) is 4.98 Å². The fourth-order valence-electron chi connectivity index (χ4n) is 2.44.